The fraction of sp³-hybridized carbons (Fsp3) is 0.333. The fourth-order valence-electron chi connectivity index (χ4n) is 2.98. The molecule has 0 radical (unpaired) electrons. The highest BCUT2D eigenvalue weighted by Gasteiger charge is 2.39. The molecule has 0 amide bonds. The summed E-state index contributed by atoms with van der Waals surface area (Å²) >= 11 is 0. The summed E-state index contributed by atoms with van der Waals surface area (Å²) < 4.78 is 6.07. The SMILES string of the molecule is C1=CC2N=C3Cc4ncccc4COC3C2C=C1. The zero-order valence-corrected chi connectivity index (χ0v) is 9.99. The molecular weight excluding hydrogens is 224 g/mol. The van der Waals surface area contributed by atoms with Crippen LogP contribution in [0.15, 0.2) is 47.6 Å². The summed E-state index contributed by atoms with van der Waals surface area (Å²) in [4.78, 5) is 9.26. The number of aliphatic imine (C=N–C) groups is 1. The predicted molar refractivity (Wildman–Crippen MR) is 69.5 cm³/mol. The van der Waals surface area contributed by atoms with Crippen LogP contribution in [0.25, 0.3) is 0 Å². The monoisotopic (exact) mass is 238 g/mol. The zero-order chi connectivity index (χ0) is 11.9. The van der Waals surface area contributed by atoms with Gasteiger partial charge in [-0.25, -0.2) is 0 Å². The van der Waals surface area contributed by atoms with Crippen molar-refractivity contribution in [1.29, 1.82) is 0 Å². The molecular formula is C15H14N2O. The normalized spacial score (nSPS) is 32.2. The average Bonchev–Trinajstić information content (AvgIpc) is 2.65. The summed E-state index contributed by atoms with van der Waals surface area (Å²) in [6.07, 6.45) is 11.4. The van der Waals surface area contributed by atoms with Crippen LogP contribution in [0.4, 0.5) is 0 Å². The molecule has 4 rings (SSSR count). The van der Waals surface area contributed by atoms with E-state index >= 15 is 0 Å². The van der Waals surface area contributed by atoms with E-state index in [0.717, 1.165) is 17.8 Å². The van der Waals surface area contributed by atoms with Crippen LogP contribution >= 0.6 is 0 Å². The molecule has 3 heteroatoms. The lowest BCUT2D eigenvalue weighted by molar-refractivity contribution is 0.0643. The first kappa shape index (κ1) is 10.2. The Labute approximate surface area is 106 Å². The Balaban J connectivity index is 1.73. The summed E-state index contributed by atoms with van der Waals surface area (Å²) in [5.74, 6) is 0.374. The van der Waals surface area contributed by atoms with Crippen LogP contribution in [0.3, 0.4) is 0 Å². The molecule has 0 aromatic carbocycles. The van der Waals surface area contributed by atoms with E-state index in [2.05, 4.69) is 35.4 Å². The molecule has 0 saturated heterocycles. The molecule has 90 valence electrons. The standard InChI is InChI=1S/C15H14N2O/c1-2-6-12-11(5-1)15-14(17-12)8-13-10(9-18-15)4-3-7-16-13/h1-7,11-12,15H,8-9H2. The van der Waals surface area contributed by atoms with E-state index in [-0.39, 0.29) is 12.1 Å². The van der Waals surface area contributed by atoms with Gasteiger partial charge in [0, 0.05) is 24.2 Å². The third-order valence-electron chi connectivity index (χ3n) is 3.89. The number of hydrogen-bond acceptors (Lipinski definition) is 3. The Morgan fingerprint density at radius 2 is 2.17 bits per heavy atom. The second kappa shape index (κ2) is 3.89. The van der Waals surface area contributed by atoms with E-state index in [1.807, 2.05) is 12.3 Å². The van der Waals surface area contributed by atoms with Crippen LogP contribution < -0.4 is 0 Å². The number of allylic oxidation sites excluding steroid dienone is 2. The first-order valence-electron chi connectivity index (χ1n) is 6.38. The van der Waals surface area contributed by atoms with E-state index in [1.165, 1.54) is 5.56 Å². The van der Waals surface area contributed by atoms with Crippen molar-refractivity contribution in [3.05, 3.63) is 53.9 Å². The van der Waals surface area contributed by atoms with Gasteiger partial charge in [0.25, 0.3) is 0 Å². The molecule has 0 saturated carbocycles. The highest BCUT2D eigenvalue weighted by atomic mass is 16.5. The van der Waals surface area contributed by atoms with Crippen LogP contribution in [0.1, 0.15) is 11.3 Å². The molecule has 3 atom stereocenters. The maximum absolute atomic E-state index is 6.07. The lowest BCUT2D eigenvalue weighted by Crippen LogP contribution is -2.29. The van der Waals surface area contributed by atoms with E-state index in [9.17, 15) is 0 Å². The van der Waals surface area contributed by atoms with E-state index in [1.54, 1.807) is 0 Å². The second-order valence-electron chi connectivity index (χ2n) is 4.98. The molecule has 1 aromatic heterocycles. The lowest BCUT2D eigenvalue weighted by Gasteiger charge is -2.21. The van der Waals surface area contributed by atoms with E-state index < -0.39 is 0 Å². The quantitative estimate of drug-likeness (QED) is 0.693. The number of hydrogen-bond donors (Lipinski definition) is 0. The van der Waals surface area contributed by atoms with Crippen molar-refractivity contribution < 1.29 is 4.74 Å². The predicted octanol–water partition coefficient (Wildman–Crippen LogP) is 2.09. The van der Waals surface area contributed by atoms with Crippen molar-refractivity contribution in [3.8, 4) is 0 Å². The van der Waals surface area contributed by atoms with E-state index in [4.69, 9.17) is 9.73 Å². The molecule has 3 nitrogen and oxygen atoms in total. The smallest absolute Gasteiger partial charge is 0.105 e. The van der Waals surface area contributed by atoms with Crippen molar-refractivity contribution >= 4 is 5.71 Å². The number of ether oxygens (including phenoxy) is 1. The summed E-state index contributed by atoms with van der Waals surface area (Å²) in [6.45, 7) is 0.646. The zero-order valence-electron chi connectivity index (χ0n) is 9.99. The first-order valence-corrected chi connectivity index (χ1v) is 6.38. The Hall–Kier alpha value is -1.74. The molecule has 1 aliphatic carbocycles. The number of rotatable bonds is 0. The van der Waals surface area contributed by atoms with Crippen molar-refractivity contribution in [2.75, 3.05) is 0 Å². The van der Waals surface area contributed by atoms with Crippen molar-refractivity contribution in [2.45, 2.75) is 25.2 Å². The minimum atomic E-state index is 0.130. The molecule has 0 spiro atoms. The molecule has 0 bridgehead atoms. The fourth-order valence-corrected chi connectivity index (χ4v) is 2.98. The first-order chi connectivity index (χ1) is 8.92. The molecule has 3 aliphatic rings. The Morgan fingerprint density at radius 1 is 1.22 bits per heavy atom. The molecule has 1 aromatic rings. The van der Waals surface area contributed by atoms with Crippen LogP contribution in [0.2, 0.25) is 0 Å². The average molecular weight is 238 g/mol. The van der Waals surface area contributed by atoms with Gasteiger partial charge in [-0.2, -0.15) is 0 Å². The summed E-state index contributed by atoms with van der Waals surface area (Å²) in [5, 5.41) is 0. The van der Waals surface area contributed by atoms with Gasteiger partial charge < -0.3 is 4.74 Å². The number of pyridine rings is 1. The molecule has 3 unspecified atom stereocenters. The molecule has 2 aliphatic heterocycles. The number of aromatic nitrogens is 1. The van der Waals surface area contributed by atoms with Crippen LogP contribution in [-0.4, -0.2) is 22.8 Å². The Morgan fingerprint density at radius 3 is 3.17 bits per heavy atom. The highest BCUT2D eigenvalue weighted by molar-refractivity contribution is 5.93. The third-order valence-corrected chi connectivity index (χ3v) is 3.89. The van der Waals surface area contributed by atoms with Gasteiger partial charge in [0.15, 0.2) is 0 Å². The summed E-state index contributed by atoms with van der Waals surface area (Å²) in [5.41, 5.74) is 3.46. The highest BCUT2D eigenvalue weighted by Crippen LogP contribution is 2.33. The Kier molecular flexibility index (Phi) is 2.20. The third kappa shape index (κ3) is 1.47. The van der Waals surface area contributed by atoms with Gasteiger partial charge in [-0.15, -0.1) is 0 Å². The van der Waals surface area contributed by atoms with Gasteiger partial charge in [0.2, 0.25) is 0 Å². The van der Waals surface area contributed by atoms with Gasteiger partial charge in [0.05, 0.1) is 18.3 Å². The second-order valence-corrected chi connectivity index (χ2v) is 4.98. The van der Waals surface area contributed by atoms with Crippen molar-refractivity contribution in [2.24, 2.45) is 10.9 Å². The maximum atomic E-state index is 6.07. The minimum absolute atomic E-state index is 0.130. The van der Waals surface area contributed by atoms with Gasteiger partial charge >= 0.3 is 0 Å². The maximum Gasteiger partial charge on any atom is 0.105 e. The van der Waals surface area contributed by atoms with Crippen LogP contribution in [0, 0.1) is 5.92 Å². The van der Waals surface area contributed by atoms with Gasteiger partial charge in [-0.05, 0) is 11.6 Å². The number of fused-ring (bicyclic) bond motifs is 4. The van der Waals surface area contributed by atoms with Gasteiger partial charge in [-0.1, -0.05) is 30.4 Å². The van der Waals surface area contributed by atoms with Gasteiger partial charge in [0.1, 0.15) is 6.10 Å². The molecule has 3 heterocycles. The topological polar surface area (TPSA) is 34.5 Å². The molecule has 0 N–H and O–H groups in total. The van der Waals surface area contributed by atoms with E-state index in [0.29, 0.717) is 12.5 Å². The van der Waals surface area contributed by atoms with Gasteiger partial charge in [-0.3, -0.25) is 9.98 Å². The lowest BCUT2D eigenvalue weighted by atomic mass is 9.91. The molecule has 18 heavy (non-hydrogen) atoms. The van der Waals surface area contributed by atoms with Crippen LogP contribution in [-0.2, 0) is 17.8 Å². The van der Waals surface area contributed by atoms with Crippen molar-refractivity contribution in [1.82, 2.24) is 4.98 Å². The number of nitrogens with zero attached hydrogens (tertiary/aromatic N) is 2. The Bertz CT molecular complexity index is 574. The van der Waals surface area contributed by atoms with Crippen LogP contribution in [0.5, 0.6) is 0 Å². The summed E-state index contributed by atoms with van der Waals surface area (Å²) in [7, 11) is 0. The molecule has 0 fully saturated rings. The van der Waals surface area contributed by atoms with Crippen molar-refractivity contribution in [3.63, 3.8) is 0 Å². The summed E-state index contributed by atoms with van der Waals surface area (Å²) in [6, 6.07) is 4.33. The largest absolute Gasteiger partial charge is 0.367 e. The minimum Gasteiger partial charge on any atom is -0.367 e.